The molecule has 0 fully saturated rings. The van der Waals surface area contributed by atoms with Crippen LogP contribution in [0.5, 0.6) is 0 Å². The van der Waals surface area contributed by atoms with Gasteiger partial charge >= 0.3 is 5.97 Å². The minimum absolute atomic E-state index is 0.0808. The van der Waals surface area contributed by atoms with E-state index in [1.807, 2.05) is 6.07 Å². The van der Waals surface area contributed by atoms with E-state index in [0.29, 0.717) is 0 Å². The number of halogens is 2. The second kappa shape index (κ2) is 7.21. The van der Waals surface area contributed by atoms with Gasteiger partial charge in [-0.1, -0.05) is 30.3 Å². The van der Waals surface area contributed by atoms with Crippen LogP contribution in [0.25, 0.3) is 0 Å². The molecule has 1 N–H and O–H groups in total. The van der Waals surface area contributed by atoms with Crippen molar-refractivity contribution < 1.29 is 23.1 Å². The monoisotopic (exact) mass is 333 g/mol. The summed E-state index contributed by atoms with van der Waals surface area (Å²) in [6.45, 7) is 2.87. The summed E-state index contributed by atoms with van der Waals surface area (Å²) in [5, 5.41) is 2.33. The van der Waals surface area contributed by atoms with E-state index < -0.39 is 35.5 Å². The van der Waals surface area contributed by atoms with Gasteiger partial charge in [0.15, 0.2) is 18.2 Å². The van der Waals surface area contributed by atoms with Crippen LogP contribution in [-0.2, 0) is 19.7 Å². The van der Waals surface area contributed by atoms with Gasteiger partial charge in [-0.2, -0.15) is 0 Å². The molecule has 0 aliphatic heterocycles. The third-order valence-corrected chi connectivity index (χ3v) is 3.54. The number of hydrogen-bond acceptors (Lipinski definition) is 3. The molecule has 126 valence electrons. The zero-order chi connectivity index (χ0) is 17.7. The highest BCUT2D eigenvalue weighted by Crippen LogP contribution is 2.24. The molecule has 4 nitrogen and oxygen atoms in total. The highest BCUT2D eigenvalue weighted by atomic mass is 19.2. The molecule has 0 atom stereocenters. The van der Waals surface area contributed by atoms with Crippen molar-refractivity contribution in [2.45, 2.75) is 19.3 Å². The fourth-order valence-corrected chi connectivity index (χ4v) is 2.06. The van der Waals surface area contributed by atoms with Gasteiger partial charge in [-0.05, 0) is 31.5 Å². The van der Waals surface area contributed by atoms with Crippen LogP contribution < -0.4 is 5.32 Å². The Morgan fingerprint density at radius 1 is 1.04 bits per heavy atom. The number of nitrogens with one attached hydrogen (secondary N) is 1. The summed E-state index contributed by atoms with van der Waals surface area (Å²) in [4.78, 5) is 24.0. The van der Waals surface area contributed by atoms with Crippen molar-refractivity contribution in [2.24, 2.45) is 0 Å². The van der Waals surface area contributed by atoms with Crippen LogP contribution >= 0.6 is 0 Å². The number of hydrogen-bond donors (Lipinski definition) is 1. The van der Waals surface area contributed by atoms with E-state index in [1.54, 1.807) is 38.1 Å². The quantitative estimate of drug-likeness (QED) is 0.853. The number of anilines is 1. The van der Waals surface area contributed by atoms with E-state index in [1.165, 1.54) is 6.07 Å². The number of ether oxygens (including phenoxy) is 1. The van der Waals surface area contributed by atoms with Gasteiger partial charge in [-0.25, -0.2) is 8.78 Å². The molecular formula is C18H17F2NO3. The van der Waals surface area contributed by atoms with Gasteiger partial charge in [0, 0.05) is 11.8 Å². The van der Waals surface area contributed by atoms with E-state index in [9.17, 15) is 18.4 Å². The highest BCUT2D eigenvalue weighted by molar-refractivity contribution is 5.93. The summed E-state index contributed by atoms with van der Waals surface area (Å²) < 4.78 is 30.9. The first kappa shape index (κ1) is 17.6. The highest BCUT2D eigenvalue weighted by Gasteiger charge is 2.31. The molecule has 0 saturated carbocycles. The van der Waals surface area contributed by atoms with Crippen molar-refractivity contribution in [1.82, 2.24) is 0 Å². The number of benzene rings is 2. The molecule has 2 aromatic rings. The Balaban J connectivity index is 1.93. The Hall–Kier alpha value is -2.76. The normalized spacial score (nSPS) is 11.0. The molecule has 2 rings (SSSR count). The number of esters is 1. The van der Waals surface area contributed by atoms with Crippen molar-refractivity contribution >= 4 is 17.6 Å². The molecule has 2 aromatic carbocycles. The zero-order valence-electron chi connectivity index (χ0n) is 13.3. The summed E-state index contributed by atoms with van der Waals surface area (Å²) in [5.41, 5.74) is -0.0722. The van der Waals surface area contributed by atoms with Gasteiger partial charge in [0.2, 0.25) is 0 Å². The maximum absolute atomic E-state index is 13.1. The predicted molar refractivity (Wildman–Crippen MR) is 85.4 cm³/mol. The van der Waals surface area contributed by atoms with Crippen molar-refractivity contribution in [3.63, 3.8) is 0 Å². The fraction of sp³-hybridized carbons (Fsp3) is 0.222. The van der Waals surface area contributed by atoms with Gasteiger partial charge in [0.25, 0.3) is 5.91 Å². The Morgan fingerprint density at radius 3 is 2.33 bits per heavy atom. The Morgan fingerprint density at radius 2 is 1.71 bits per heavy atom. The summed E-state index contributed by atoms with van der Waals surface area (Å²) in [5.74, 6) is -3.29. The molecule has 0 bridgehead atoms. The van der Waals surface area contributed by atoms with Crippen LogP contribution in [0.4, 0.5) is 14.5 Å². The van der Waals surface area contributed by atoms with Gasteiger partial charge in [0.05, 0.1) is 5.41 Å². The second-order valence-electron chi connectivity index (χ2n) is 5.74. The lowest BCUT2D eigenvalue weighted by atomic mass is 9.85. The largest absolute Gasteiger partial charge is 0.455 e. The average Bonchev–Trinajstić information content (AvgIpc) is 2.56. The lowest BCUT2D eigenvalue weighted by molar-refractivity contribution is -0.152. The Labute approximate surface area is 138 Å². The molecule has 0 aromatic heterocycles. The first-order valence-electron chi connectivity index (χ1n) is 7.28. The SMILES string of the molecule is CC(C)(C(=O)OCC(=O)Nc1ccc(F)c(F)c1)c1ccccc1. The van der Waals surface area contributed by atoms with Crippen LogP contribution in [0.1, 0.15) is 19.4 Å². The summed E-state index contributed by atoms with van der Waals surface area (Å²) in [6, 6.07) is 12.0. The van der Waals surface area contributed by atoms with E-state index in [2.05, 4.69) is 5.32 Å². The van der Waals surface area contributed by atoms with Crippen LogP contribution in [0.15, 0.2) is 48.5 Å². The van der Waals surface area contributed by atoms with Crippen molar-refractivity contribution in [3.05, 3.63) is 65.7 Å². The summed E-state index contributed by atoms with van der Waals surface area (Å²) in [7, 11) is 0. The number of carbonyl (C=O) groups is 2. The molecule has 0 spiro atoms. The minimum Gasteiger partial charge on any atom is -0.455 e. The van der Waals surface area contributed by atoms with E-state index in [0.717, 1.165) is 17.7 Å². The third-order valence-electron chi connectivity index (χ3n) is 3.54. The van der Waals surface area contributed by atoms with Gasteiger partial charge in [-0.3, -0.25) is 9.59 Å². The molecule has 24 heavy (non-hydrogen) atoms. The lowest BCUT2D eigenvalue weighted by Gasteiger charge is -2.22. The van der Waals surface area contributed by atoms with Crippen molar-refractivity contribution in [1.29, 1.82) is 0 Å². The lowest BCUT2D eigenvalue weighted by Crippen LogP contribution is -2.33. The summed E-state index contributed by atoms with van der Waals surface area (Å²) >= 11 is 0. The van der Waals surface area contributed by atoms with Crippen LogP contribution in [-0.4, -0.2) is 18.5 Å². The Kier molecular flexibility index (Phi) is 5.28. The topological polar surface area (TPSA) is 55.4 Å². The van der Waals surface area contributed by atoms with Crippen LogP contribution in [0.3, 0.4) is 0 Å². The van der Waals surface area contributed by atoms with E-state index in [-0.39, 0.29) is 5.69 Å². The molecule has 0 radical (unpaired) electrons. The second-order valence-corrected chi connectivity index (χ2v) is 5.74. The van der Waals surface area contributed by atoms with Gasteiger partial charge < -0.3 is 10.1 Å². The van der Waals surface area contributed by atoms with E-state index >= 15 is 0 Å². The molecule has 1 amide bonds. The maximum atomic E-state index is 13.1. The van der Waals surface area contributed by atoms with Gasteiger partial charge in [-0.15, -0.1) is 0 Å². The molecule has 0 aliphatic carbocycles. The van der Waals surface area contributed by atoms with Crippen LogP contribution in [0, 0.1) is 11.6 Å². The van der Waals surface area contributed by atoms with Crippen molar-refractivity contribution in [2.75, 3.05) is 11.9 Å². The fourth-order valence-electron chi connectivity index (χ4n) is 2.06. The zero-order valence-corrected chi connectivity index (χ0v) is 13.3. The molecule has 0 unspecified atom stereocenters. The number of carbonyl (C=O) groups excluding carboxylic acids is 2. The molecule has 0 aliphatic rings. The standard InChI is InChI=1S/C18H17F2NO3/c1-18(2,12-6-4-3-5-7-12)17(23)24-11-16(22)21-13-8-9-14(19)15(20)10-13/h3-10H,11H2,1-2H3,(H,21,22). The van der Waals surface area contributed by atoms with Gasteiger partial charge in [0.1, 0.15) is 0 Å². The van der Waals surface area contributed by atoms with Crippen molar-refractivity contribution in [3.8, 4) is 0 Å². The average molecular weight is 333 g/mol. The number of rotatable bonds is 5. The van der Waals surface area contributed by atoms with Crippen LogP contribution in [0.2, 0.25) is 0 Å². The van der Waals surface area contributed by atoms with E-state index in [4.69, 9.17) is 4.74 Å². The maximum Gasteiger partial charge on any atom is 0.316 e. The molecule has 6 heteroatoms. The number of amides is 1. The predicted octanol–water partition coefficient (Wildman–Crippen LogP) is 3.42. The first-order chi connectivity index (χ1) is 11.3. The molecule has 0 heterocycles. The third kappa shape index (κ3) is 4.16. The first-order valence-corrected chi connectivity index (χ1v) is 7.28. The minimum atomic E-state index is -1.07. The molecule has 0 saturated heterocycles. The Bertz CT molecular complexity index is 745. The summed E-state index contributed by atoms with van der Waals surface area (Å²) in [6.07, 6.45) is 0. The molecular weight excluding hydrogens is 316 g/mol. The smallest absolute Gasteiger partial charge is 0.316 e.